The molecule has 21 heavy (non-hydrogen) atoms. The fourth-order valence-corrected chi connectivity index (χ4v) is 2.83. The highest BCUT2D eigenvalue weighted by atomic mass is 15.2. The standard InChI is InChI=1S/C16H19N5/c1-20-8-7-18-15(20)11-21(2)16-13(10-17)9-12-5-3-4-6-14(12)19-16/h7-9H,3-6,11H2,1-2H3. The lowest BCUT2D eigenvalue weighted by Crippen LogP contribution is -2.22. The van der Waals surface area contributed by atoms with Crippen molar-refractivity contribution in [1.82, 2.24) is 14.5 Å². The summed E-state index contributed by atoms with van der Waals surface area (Å²) < 4.78 is 1.99. The van der Waals surface area contributed by atoms with Crippen LogP contribution in [-0.2, 0) is 26.4 Å². The molecular formula is C16H19N5. The Bertz CT molecular complexity index is 695. The van der Waals surface area contributed by atoms with Crippen LogP contribution in [0.15, 0.2) is 18.5 Å². The summed E-state index contributed by atoms with van der Waals surface area (Å²) in [5.74, 6) is 1.72. The van der Waals surface area contributed by atoms with E-state index in [0.717, 1.165) is 30.2 Å². The quantitative estimate of drug-likeness (QED) is 0.865. The fourth-order valence-electron chi connectivity index (χ4n) is 2.83. The normalized spacial score (nSPS) is 13.6. The number of nitriles is 1. The van der Waals surface area contributed by atoms with Crippen molar-refractivity contribution in [2.45, 2.75) is 32.2 Å². The molecule has 0 atom stereocenters. The van der Waals surface area contributed by atoms with Crippen LogP contribution in [0.1, 0.15) is 35.5 Å². The summed E-state index contributed by atoms with van der Waals surface area (Å²) in [7, 11) is 3.94. The van der Waals surface area contributed by atoms with Gasteiger partial charge in [0.2, 0.25) is 0 Å². The van der Waals surface area contributed by atoms with Gasteiger partial charge < -0.3 is 9.47 Å². The second kappa shape index (κ2) is 5.57. The topological polar surface area (TPSA) is 57.7 Å². The first-order valence-corrected chi connectivity index (χ1v) is 7.29. The average molecular weight is 281 g/mol. The Hall–Kier alpha value is -2.35. The predicted molar refractivity (Wildman–Crippen MR) is 80.9 cm³/mol. The number of aryl methyl sites for hydroxylation is 3. The number of hydrogen-bond acceptors (Lipinski definition) is 4. The summed E-state index contributed by atoms with van der Waals surface area (Å²) >= 11 is 0. The van der Waals surface area contributed by atoms with Gasteiger partial charge in [-0.2, -0.15) is 5.26 Å². The number of nitrogens with zero attached hydrogens (tertiary/aromatic N) is 5. The molecule has 0 aromatic carbocycles. The van der Waals surface area contributed by atoms with Gasteiger partial charge in [0.15, 0.2) is 0 Å². The van der Waals surface area contributed by atoms with E-state index in [1.165, 1.54) is 18.4 Å². The molecule has 5 nitrogen and oxygen atoms in total. The van der Waals surface area contributed by atoms with E-state index >= 15 is 0 Å². The van der Waals surface area contributed by atoms with Gasteiger partial charge in [-0.05, 0) is 37.3 Å². The lowest BCUT2D eigenvalue weighted by Gasteiger charge is -2.23. The molecule has 0 spiro atoms. The SMILES string of the molecule is CN(Cc1nccn1C)c1nc2c(cc1C#N)CCCC2. The van der Waals surface area contributed by atoms with Crippen molar-refractivity contribution in [3.8, 4) is 6.07 Å². The van der Waals surface area contributed by atoms with Crippen LogP contribution in [0.5, 0.6) is 0 Å². The Balaban J connectivity index is 1.93. The van der Waals surface area contributed by atoms with E-state index in [2.05, 4.69) is 11.1 Å². The summed E-state index contributed by atoms with van der Waals surface area (Å²) in [5, 5.41) is 9.41. The zero-order valence-electron chi connectivity index (χ0n) is 12.5. The summed E-state index contributed by atoms with van der Waals surface area (Å²) in [4.78, 5) is 11.1. The largest absolute Gasteiger partial charge is 0.351 e. The van der Waals surface area contributed by atoms with Crippen molar-refractivity contribution in [3.63, 3.8) is 0 Å². The molecule has 2 aromatic rings. The molecule has 0 fully saturated rings. The summed E-state index contributed by atoms with van der Waals surface area (Å²) in [5.41, 5.74) is 3.06. The second-order valence-electron chi connectivity index (χ2n) is 5.59. The summed E-state index contributed by atoms with van der Waals surface area (Å²) in [6.07, 6.45) is 8.16. The third kappa shape index (κ3) is 2.62. The van der Waals surface area contributed by atoms with Crippen molar-refractivity contribution in [2.75, 3.05) is 11.9 Å². The Kier molecular flexibility index (Phi) is 3.61. The van der Waals surface area contributed by atoms with Gasteiger partial charge >= 0.3 is 0 Å². The van der Waals surface area contributed by atoms with Gasteiger partial charge in [0.1, 0.15) is 17.7 Å². The molecule has 2 heterocycles. The smallest absolute Gasteiger partial charge is 0.146 e. The van der Waals surface area contributed by atoms with Crippen molar-refractivity contribution < 1.29 is 0 Å². The summed E-state index contributed by atoms with van der Waals surface area (Å²) in [6, 6.07) is 4.31. The monoisotopic (exact) mass is 281 g/mol. The molecule has 1 aliphatic carbocycles. The van der Waals surface area contributed by atoms with E-state index in [1.807, 2.05) is 35.8 Å². The number of hydrogen-bond donors (Lipinski definition) is 0. The molecule has 3 rings (SSSR count). The van der Waals surface area contributed by atoms with Crippen LogP contribution in [0.4, 0.5) is 5.82 Å². The van der Waals surface area contributed by atoms with E-state index in [9.17, 15) is 5.26 Å². The highest BCUT2D eigenvalue weighted by Crippen LogP contribution is 2.26. The van der Waals surface area contributed by atoms with Gasteiger partial charge in [-0.25, -0.2) is 9.97 Å². The van der Waals surface area contributed by atoms with Gasteiger partial charge in [0.05, 0.1) is 12.1 Å². The molecule has 2 aromatic heterocycles. The third-order valence-electron chi connectivity index (χ3n) is 4.06. The van der Waals surface area contributed by atoms with Crippen LogP contribution in [0, 0.1) is 11.3 Å². The zero-order chi connectivity index (χ0) is 14.8. The van der Waals surface area contributed by atoms with Crippen LogP contribution >= 0.6 is 0 Å². The Morgan fingerprint density at radius 1 is 1.38 bits per heavy atom. The lowest BCUT2D eigenvalue weighted by molar-refractivity contribution is 0.664. The van der Waals surface area contributed by atoms with Crippen LogP contribution in [0.2, 0.25) is 0 Å². The number of aromatic nitrogens is 3. The van der Waals surface area contributed by atoms with Crippen molar-refractivity contribution >= 4 is 5.82 Å². The maximum atomic E-state index is 9.41. The van der Waals surface area contributed by atoms with Crippen LogP contribution < -0.4 is 4.90 Å². The Morgan fingerprint density at radius 2 is 2.19 bits per heavy atom. The molecule has 0 unspecified atom stereocenters. The molecular weight excluding hydrogens is 262 g/mol. The van der Waals surface area contributed by atoms with Crippen LogP contribution in [-0.4, -0.2) is 21.6 Å². The molecule has 108 valence electrons. The number of fused-ring (bicyclic) bond motifs is 1. The van der Waals surface area contributed by atoms with Crippen molar-refractivity contribution in [1.29, 1.82) is 5.26 Å². The summed E-state index contributed by atoms with van der Waals surface area (Å²) in [6.45, 7) is 0.643. The van der Waals surface area contributed by atoms with E-state index in [4.69, 9.17) is 4.98 Å². The average Bonchev–Trinajstić information content (AvgIpc) is 2.91. The predicted octanol–water partition coefficient (Wildman–Crippen LogP) is 2.20. The van der Waals surface area contributed by atoms with E-state index in [-0.39, 0.29) is 0 Å². The van der Waals surface area contributed by atoms with Crippen LogP contribution in [0.3, 0.4) is 0 Å². The molecule has 0 saturated carbocycles. The van der Waals surface area contributed by atoms with Gasteiger partial charge in [0, 0.05) is 32.2 Å². The Morgan fingerprint density at radius 3 is 2.90 bits per heavy atom. The zero-order valence-corrected chi connectivity index (χ0v) is 12.5. The fraction of sp³-hybridized carbons (Fsp3) is 0.438. The number of rotatable bonds is 3. The number of pyridine rings is 1. The number of anilines is 1. The van der Waals surface area contributed by atoms with E-state index in [0.29, 0.717) is 12.1 Å². The molecule has 5 heteroatoms. The van der Waals surface area contributed by atoms with Gasteiger partial charge in [-0.3, -0.25) is 0 Å². The molecule has 0 amide bonds. The number of imidazole rings is 1. The molecule has 0 saturated heterocycles. The lowest BCUT2D eigenvalue weighted by atomic mass is 9.95. The highest BCUT2D eigenvalue weighted by molar-refractivity contribution is 5.56. The third-order valence-corrected chi connectivity index (χ3v) is 4.06. The van der Waals surface area contributed by atoms with E-state index < -0.39 is 0 Å². The van der Waals surface area contributed by atoms with Crippen LogP contribution in [0.25, 0.3) is 0 Å². The molecule has 0 radical (unpaired) electrons. The first-order chi connectivity index (χ1) is 10.2. The maximum Gasteiger partial charge on any atom is 0.146 e. The second-order valence-corrected chi connectivity index (χ2v) is 5.59. The minimum absolute atomic E-state index is 0.643. The minimum atomic E-state index is 0.643. The first-order valence-electron chi connectivity index (χ1n) is 7.29. The Labute approximate surface area is 124 Å². The van der Waals surface area contributed by atoms with Crippen molar-refractivity contribution in [3.05, 3.63) is 41.1 Å². The molecule has 0 aliphatic heterocycles. The van der Waals surface area contributed by atoms with E-state index in [1.54, 1.807) is 6.20 Å². The van der Waals surface area contributed by atoms with Gasteiger partial charge in [-0.15, -0.1) is 0 Å². The molecule has 0 bridgehead atoms. The van der Waals surface area contributed by atoms with Crippen molar-refractivity contribution in [2.24, 2.45) is 7.05 Å². The highest BCUT2D eigenvalue weighted by Gasteiger charge is 2.18. The first kappa shape index (κ1) is 13.6. The van der Waals surface area contributed by atoms with Gasteiger partial charge in [-0.1, -0.05) is 0 Å². The van der Waals surface area contributed by atoms with Gasteiger partial charge in [0.25, 0.3) is 0 Å². The molecule has 0 N–H and O–H groups in total. The maximum absolute atomic E-state index is 9.41. The minimum Gasteiger partial charge on any atom is -0.351 e. The molecule has 1 aliphatic rings.